The maximum Gasteiger partial charge on any atom is 0.151 e. The van der Waals surface area contributed by atoms with Gasteiger partial charge in [-0.1, -0.05) is 12.2 Å². The molecule has 0 aliphatic rings. The maximum atomic E-state index is 5.44. The molecule has 0 radical (unpaired) electrons. The Bertz CT molecular complexity index is 294. The monoisotopic (exact) mass is 190 g/mol. The molecule has 1 heterocycles. The molecule has 0 bridgehead atoms. The van der Waals surface area contributed by atoms with E-state index in [9.17, 15) is 0 Å². The van der Waals surface area contributed by atoms with Gasteiger partial charge in [-0.3, -0.25) is 0 Å². The van der Waals surface area contributed by atoms with Crippen molar-refractivity contribution < 1.29 is 0 Å². The van der Waals surface area contributed by atoms with Crippen LogP contribution < -0.4 is 10.6 Å². The van der Waals surface area contributed by atoms with Crippen LogP contribution in [0, 0.1) is 0 Å². The van der Waals surface area contributed by atoms with E-state index < -0.39 is 0 Å². The third-order valence-electron chi connectivity index (χ3n) is 1.69. The van der Waals surface area contributed by atoms with Gasteiger partial charge in [0.05, 0.1) is 0 Å². The number of rotatable bonds is 5. The highest BCUT2D eigenvalue weighted by atomic mass is 15.3. The van der Waals surface area contributed by atoms with Crippen LogP contribution in [0.1, 0.15) is 0 Å². The molecule has 1 aromatic heterocycles. The number of aromatic nitrogens is 2. The first-order valence-corrected chi connectivity index (χ1v) is 4.34. The van der Waals surface area contributed by atoms with Crippen molar-refractivity contribution in [2.24, 2.45) is 0 Å². The first kappa shape index (κ1) is 10.2. The van der Waals surface area contributed by atoms with Crippen LogP contribution in [-0.4, -0.2) is 23.3 Å². The maximum absolute atomic E-state index is 5.44. The zero-order valence-electron chi connectivity index (χ0n) is 8.06. The standard InChI is InChI=1S/C10H14N4/c1-3-7-14(8-4-2)10-6-5-9(11)12-13-10/h3-6H,1-2,7-8H2,(H2,11,12). The van der Waals surface area contributed by atoms with Gasteiger partial charge in [0.15, 0.2) is 5.82 Å². The van der Waals surface area contributed by atoms with E-state index in [1.54, 1.807) is 6.07 Å². The zero-order valence-corrected chi connectivity index (χ0v) is 8.06. The number of hydrogen-bond donors (Lipinski definition) is 1. The number of hydrogen-bond acceptors (Lipinski definition) is 4. The van der Waals surface area contributed by atoms with Crippen LogP contribution in [0.2, 0.25) is 0 Å². The Morgan fingerprint density at radius 2 is 1.86 bits per heavy atom. The molecule has 14 heavy (non-hydrogen) atoms. The van der Waals surface area contributed by atoms with Gasteiger partial charge in [0, 0.05) is 13.1 Å². The quantitative estimate of drug-likeness (QED) is 0.710. The molecule has 0 aliphatic carbocycles. The summed E-state index contributed by atoms with van der Waals surface area (Å²) in [5.74, 6) is 1.20. The second-order valence-electron chi connectivity index (χ2n) is 2.80. The molecule has 0 fully saturated rings. The normalized spacial score (nSPS) is 9.43. The Balaban J connectivity index is 2.80. The molecule has 74 valence electrons. The Morgan fingerprint density at radius 3 is 2.29 bits per heavy atom. The smallest absolute Gasteiger partial charge is 0.151 e. The van der Waals surface area contributed by atoms with Crippen LogP contribution in [0.25, 0.3) is 0 Å². The lowest BCUT2D eigenvalue weighted by Gasteiger charge is -2.19. The molecule has 1 aromatic rings. The van der Waals surface area contributed by atoms with E-state index in [1.807, 2.05) is 23.1 Å². The molecule has 0 atom stereocenters. The molecular weight excluding hydrogens is 176 g/mol. The lowest BCUT2D eigenvalue weighted by Crippen LogP contribution is -2.24. The van der Waals surface area contributed by atoms with E-state index >= 15 is 0 Å². The van der Waals surface area contributed by atoms with Gasteiger partial charge in [-0.15, -0.1) is 23.4 Å². The van der Waals surface area contributed by atoms with Crippen LogP contribution in [0.15, 0.2) is 37.4 Å². The van der Waals surface area contributed by atoms with Crippen LogP contribution in [0.3, 0.4) is 0 Å². The predicted molar refractivity (Wildman–Crippen MR) is 59.1 cm³/mol. The second-order valence-corrected chi connectivity index (χ2v) is 2.80. The summed E-state index contributed by atoms with van der Waals surface area (Å²) in [5.41, 5.74) is 5.44. The van der Waals surface area contributed by atoms with Crippen molar-refractivity contribution in [1.82, 2.24) is 10.2 Å². The summed E-state index contributed by atoms with van der Waals surface area (Å²) in [6, 6.07) is 3.55. The third kappa shape index (κ3) is 2.58. The summed E-state index contributed by atoms with van der Waals surface area (Å²) >= 11 is 0. The molecule has 0 aliphatic heterocycles. The van der Waals surface area contributed by atoms with Crippen molar-refractivity contribution in [2.75, 3.05) is 23.7 Å². The topological polar surface area (TPSA) is 55.0 Å². The Labute approximate surface area is 83.7 Å². The number of anilines is 2. The molecule has 0 saturated heterocycles. The van der Waals surface area contributed by atoms with Crippen LogP contribution in [0.4, 0.5) is 11.6 Å². The van der Waals surface area contributed by atoms with Crippen molar-refractivity contribution >= 4 is 11.6 Å². The number of nitrogens with zero attached hydrogens (tertiary/aromatic N) is 3. The second kappa shape index (κ2) is 5.01. The molecule has 0 unspecified atom stereocenters. The molecule has 1 rings (SSSR count). The average Bonchev–Trinajstić information content (AvgIpc) is 2.19. The van der Waals surface area contributed by atoms with E-state index in [0.717, 1.165) is 5.82 Å². The van der Waals surface area contributed by atoms with E-state index in [2.05, 4.69) is 23.4 Å². The molecule has 4 heteroatoms. The van der Waals surface area contributed by atoms with Crippen molar-refractivity contribution in [1.29, 1.82) is 0 Å². The first-order valence-electron chi connectivity index (χ1n) is 4.34. The zero-order chi connectivity index (χ0) is 10.4. The molecule has 0 aromatic carbocycles. The summed E-state index contributed by atoms with van der Waals surface area (Å²) < 4.78 is 0. The molecule has 2 N–H and O–H groups in total. The highest BCUT2D eigenvalue weighted by molar-refractivity contribution is 5.42. The SMILES string of the molecule is C=CCN(CC=C)c1ccc(N)nn1. The highest BCUT2D eigenvalue weighted by Crippen LogP contribution is 2.09. The fourth-order valence-corrected chi connectivity index (χ4v) is 1.08. The molecule has 0 spiro atoms. The van der Waals surface area contributed by atoms with E-state index in [0.29, 0.717) is 18.9 Å². The van der Waals surface area contributed by atoms with Crippen LogP contribution in [0.5, 0.6) is 0 Å². The fraction of sp³-hybridized carbons (Fsp3) is 0.200. The van der Waals surface area contributed by atoms with Crippen molar-refractivity contribution in [3.05, 3.63) is 37.4 Å². The Kier molecular flexibility index (Phi) is 3.67. The summed E-state index contributed by atoms with van der Waals surface area (Å²) in [6.45, 7) is 8.78. The lowest BCUT2D eigenvalue weighted by molar-refractivity contribution is 0.889. The van der Waals surface area contributed by atoms with Crippen LogP contribution in [-0.2, 0) is 0 Å². The largest absolute Gasteiger partial charge is 0.382 e. The predicted octanol–water partition coefficient (Wildman–Crippen LogP) is 1.24. The summed E-state index contributed by atoms with van der Waals surface area (Å²) in [7, 11) is 0. The Morgan fingerprint density at radius 1 is 1.21 bits per heavy atom. The van der Waals surface area contributed by atoms with E-state index in [1.165, 1.54) is 0 Å². The van der Waals surface area contributed by atoms with Crippen LogP contribution >= 0.6 is 0 Å². The number of nitrogen functional groups attached to an aromatic ring is 1. The minimum absolute atomic E-state index is 0.422. The number of nitrogens with two attached hydrogens (primary N) is 1. The summed E-state index contributed by atoms with van der Waals surface area (Å²) in [4.78, 5) is 1.99. The third-order valence-corrected chi connectivity index (χ3v) is 1.69. The highest BCUT2D eigenvalue weighted by Gasteiger charge is 2.03. The van der Waals surface area contributed by atoms with Gasteiger partial charge >= 0.3 is 0 Å². The minimum Gasteiger partial charge on any atom is -0.382 e. The van der Waals surface area contributed by atoms with Gasteiger partial charge in [-0.05, 0) is 12.1 Å². The van der Waals surface area contributed by atoms with Crippen molar-refractivity contribution in [3.63, 3.8) is 0 Å². The minimum atomic E-state index is 0.422. The first-order chi connectivity index (χ1) is 6.77. The molecule has 4 nitrogen and oxygen atoms in total. The van der Waals surface area contributed by atoms with Crippen molar-refractivity contribution in [2.45, 2.75) is 0 Å². The lowest BCUT2D eigenvalue weighted by atomic mass is 10.4. The summed E-state index contributed by atoms with van der Waals surface area (Å²) in [6.07, 6.45) is 3.61. The van der Waals surface area contributed by atoms with E-state index in [4.69, 9.17) is 5.73 Å². The average molecular weight is 190 g/mol. The Hall–Kier alpha value is -1.84. The van der Waals surface area contributed by atoms with Gasteiger partial charge in [-0.25, -0.2) is 0 Å². The molecular formula is C10H14N4. The van der Waals surface area contributed by atoms with Gasteiger partial charge in [0.25, 0.3) is 0 Å². The molecule has 0 amide bonds. The summed E-state index contributed by atoms with van der Waals surface area (Å²) in [5, 5.41) is 7.75. The molecule has 0 saturated carbocycles. The van der Waals surface area contributed by atoms with Gasteiger partial charge < -0.3 is 10.6 Å². The fourth-order valence-electron chi connectivity index (χ4n) is 1.08. The van der Waals surface area contributed by atoms with Gasteiger partial charge in [0.1, 0.15) is 5.82 Å². The van der Waals surface area contributed by atoms with Crippen molar-refractivity contribution in [3.8, 4) is 0 Å². The van der Waals surface area contributed by atoms with E-state index in [-0.39, 0.29) is 0 Å². The van der Waals surface area contributed by atoms with Gasteiger partial charge in [-0.2, -0.15) is 0 Å². The van der Waals surface area contributed by atoms with Gasteiger partial charge in [0.2, 0.25) is 0 Å².